The Bertz CT molecular complexity index is 620. The molecule has 112 valence electrons. The summed E-state index contributed by atoms with van der Waals surface area (Å²) in [7, 11) is 1.97. The Labute approximate surface area is 127 Å². The maximum absolute atomic E-state index is 13.4. The third-order valence-electron chi connectivity index (χ3n) is 4.45. The standard InChI is InChI=1S/C19H24FN/c1-12-9-13(2)15(4)19(14(12)3)18(21-5)11-16-7-6-8-17(20)10-16/h6-10,18,21H,11H2,1-5H3. The van der Waals surface area contributed by atoms with Gasteiger partial charge in [0.25, 0.3) is 0 Å². The molecule has 1 unspecified atom stereocenters. The van der Waals surface area contributed by atoms with Crippen LogP contribution in [0.2, 0.25) is 0 Å². The second-order valence-electron chi connectivity index (χ2n) is 5.85. The van der Waals surface area contributed by atoms with Crippen molar-refractivity contribution in [3.63, 3.8) is 0 Å². The number of likely N-dealkylation sites (N-methyl/N-ethyl adjacent to an activating group) is 1. The fraction of sp³-hybridized carbons (Fsp3) is 0.368. The third-order valence-corrected chi connectivity index (χ3v) is 4.45. The fourth-order valence-electron chi connectivity index (χ4n) is 3.02. The molecule has 0 saturated heterocycles. The van der Waals surface area contributed by atoms with E-state index in [0.717, 1.165) is 12.0 Å². The van der Waals surface area contributed by atoms with E-state index in [2.05, 4.69) is 39.1 Å². The van der Waals surface area contributed by atoms with Crippen molar-refractivity contribution in [3.05, 3.63) is 69.5 Å². The van der Waals surface area contributed by atoms with E-state index in [9.17, 15) is 4.39 Å². The van der Waals surface area contributed by atoms with Crippen molar-refractivity contribution in [3.8, 4) is 0 Å². The SMILES string of the molecule is CNC(Cc1cccc(F)c1)c1c(C)c(C)cc(C)c1C. The first kappa shape index (κ1) is 15.7. The van der Waals surface area contributed by atoms with Crippen LogP contribution in [0.25, 0.3) is 0 Å². The monoisotopic (exact) mass is 285 g/mol. The average Bonchev–Trinajstić information content (AvgIpc) is 2.44. The van der Waals surface area contributed by atoms with Crippen LogP contribution in [-0.4, -0.2) is 7.05 Å². The molecule has 2 aromatic carbocycles. The highest BCUT2D eigenvalue weighted by Gasteiger charge is 2.18. The van der Waals surface area contributed by atoms with Crippen LogP contribution < -0.4 is 5.32 Å². The lowest BCUT2D eigenvalue weighted by molar-refractivity contribution is 0.578. The summed E-state index contributed by atoms with van der Waals surface area (Å²) < 4.78 is 13.4. The summed E-state index contributed by atoms with van der Waals surface area (Å²) >= 11 is 0. The molecule has 2 aromatic rings. The Morgan fingerprint density at radius 1 is 1.00 bits per heavy atom. The fourth-order valence-corrected chi connectivity index (χ4v) is 3.02. The van der Waals surface area contributed by atoms with Gasteiger partial charge in [-0.2, -0.15) is 0 Å². The Morgan fingerprint density at radius 2 is 1.62 bits per heavy atom. The minimum absolute atomic E-state index is 0.170. The van der Waals surface area contributed by atoms with E-state index in [-0.39, 0.29) is 11.9 Å². The van der Waals surface area contributed by atoms with Gasteiger partial charge in [-0.1, -0.05) is 18.2 Å². The van der Waals surface area contributed by atoms with Gasteiger partial charge in [0.15, 0.2) is 0 Å². The van der Waals surface area contributed by atoms with Crippen molar-refractivity contribution in [2.75, 3.05) is 7.05 Å². The van der Waals surface area contributed by atoms with Gasteiger partial charge in [0.05, 0.1) is 0 Å². The molecule has 0 saturated carbocycles. The average molecular weight is 285 g/mol. The zero-order chi connectivity index (χ0) is 15.6. The second-order valence-corrected chi connectivity index (χ2v) is 5.85. The van der Waals surface area contributed by atoms with Gasteiger partial charge < -0.3 is 5.32 Å². The highest BCUT2D eigenvalue weighted by molar-refractivity contribution is 5.46. The van der Waals surface area contributed by atoms with Crippen molar-refractivity contribution in [2.45, 2.75) is 40.2 Å². The molecule has 0 aromatic heterocycles. The van der Waals surface area contributed by atoms with Gasteiger partial charge >= 0.3 is 0 Å². The molecule has 0 aliphatic rings. The van der Waals surface area contributed by atoms with E-state index < -0.39 is 0 Å². The first-order valence-corrected chi connectivity index (χ1v) is 7.43. The van der Waals surface area contributed by atoms with E-state index in [4.69, 9.17) is 0 Å². The molecule has 1 nitrogen and oxygen atoms in total. The number of hydrogen-bond donors (Lipinski definition) is 1. The van der Waals surface area contributed by atoms with Crippen LogP contribution in [0.4, 0.5) is 4.39 Å². The number of benzene rings is 2. The molecule has 0 spiro atoms. The van der Waals surface area contributed by atoms with E-state index in [0.29, 0.717) is 0 Å². The number of halogens is 1. The van der Waals surface area contributed by atoms with Crippen LogP contribution in [0.1, 0.15) is 39.4 Å². The summed E-state index contributed by atoms with van der Waals surface area (Å²) in [5, 5.41) is 3.40. The van der Waals surface area contributed by atoms with Crippen molar-refractivity contribution >= 4 is 0 Å². The summed E-state index contributed by atoms with van der Waals surface area (Å²) in [5.74, 6) is -0.170. The zero-order valence-electron chi connectivity index (χ0n) is 13.5. The van der Waals surface area contributed by atoms with Crippen LogP contribution >= 0.6 is 0 Å². The van der Waals surface area contributed by atoms with Gasteiger partial charge in [-0.15, -0.1) is 0 Å². The lowest BCUT2D eigenvalue weighted by Gasteiger charge is -2.24. The molecule has 0 radical (unpaired) electrons. The number of nitrogens with one attached hydrogen (secondary N) is 1. The molecule has 1 atom stereocenters. The van der Waals surface area contributed by atoms with Gasteiger partial charge in [0.2, 0.25) is 0 Å². The predicted molar refractivity (Wildman–Crippen MR) is 87.3 cm³/mol. The highest BCUT2D eigenvalue weighted by Crippen LogP contribution is 2.29. The lowest BCUT2D eigenvalue weighted by atomic mass is 9.87. The van der Waals surface area contributed by atoms with Crippen LogP contribution in [0.3, 0.4) is 0 Å². The number of rotatable bonds is 4. The summed E-state index contributed by atoms with van der Waals surface area (Å²) in [6.45, 7) is 8.65. The minimum Gasteiger partial charge on any atom is -0.313 e. The largest absolute Gasteiger partial charge is 0.313 e. The van der Waals surface area contributed by atoms with Gasteiger partial charge in [-0.05, 0) is 86.7 Å². The Balaban J connectivity index is 2.43. The molecule has 0 heterocycles. The van der Waals surface area contributed by atoms with Gasteiger partial charge in [-0.3, -0.25) is 0 Å². The normalized spacial score (nSPS) is 12.5. The molecular formula is C19H24FN. The minimum atomic E-state index is -0.170. The highest BCUT2D eigenvalue weighted by atomic mass is 19.1. The predicted octanol–water partition coefficient (Wildman–Crippen LogP) is 4.56. The first-order valence-electron chi connectivity index (χ1n) is 7.43. The van der Waals surface area contributed by atoms with Crippen molar-refractivity contribution in [1.82, 2.24) is 5.32 Å². The van der Waals surface area contributed by atoms with Crippen LogP contribution in [0.5, 0.6) is 0 Å². The molecule has 2 rings (SSSR count). The Morgan fingerprint density at radius 3 is 2.14 bits per heavy atom. The molecule has 0 bridgehead atoms. The lowest BCUT2D eigenvalue weighted by Crippen LogP contribution is -2.22. The van der Waals surface area contributed by atoms with Crippen molar-refractivity contribution < 1.29 is 4.39 Å². The van der Waals surface area contributed by atoms with Crippen LogP contribution in [0.15, 0.2) is 30.3 Å². The van der Waals surface area contributed by atoms with E-state index in [1.54, 1.807) is 12.1 Å². The maximum atomic E-state index is 13.4. The number of aryl methyl sites for hydroxylation is 2. The topological polar surface area (TPSA) is 12.0 Å². The smallest absolute Gasteiger partial charge is 0.123 e. The number of hydrogen-bond acceptors (Lipinski definition) is 1. The molecule has 0 fully saturated rings. The summed E-state index contributed by atoms with van der Waals surface area (Å²) in [6, 6.07) is 9.32. The third kappa shape index (κ3) is 3.33. The Hall–Kier alpha value is -1.67. The van der Waals surface area contributed by atoms with Crippen molar-refractivity contribution in [2.24, 2.45) is 0 Å². The summed E-state index contributed by atoms with van der Waals surface area (Å²) in [4.78, 5) is 0. The molecule has 1 N–H and O–H groups in total. The zero-order valence-corrected chi connectivity index (χ0v) is 13.5. The molecule has 21 heavy (non-hydrogen) atoms. The van der Waals surface area contributed by atoms with Crippen LogP contribution in [0, 0.1) is 33.5 Å². The Kier molecular flexibility index (Phi) is 4.79. The van der Waals surface area contributed by atoms with Gasteiger partial charge in [0.1, 0.15) is 5.82 Å². The van der Waals surface area contributed by atoms with Gasteiger partial charge in [0, 0.05) is 6.04 Å². The molecule has 2 heteroatoms. The molecule has 0 aliphatic carbocycles. The molecular weight excluding hydrogens is 261 g/mol. The van der Waals surface area contributed by atoms with E-state index >= 15 is 0 Å². The van der Waals surface area contributed by atoms with Gasteiger partial charge in [-0.25, -0.2) is 4.39 Å². The summed E-state index contributed by atoms with van der Waals surface area (Å²) in [6.07, 6.45) is 0.791. The molecule has 0 amide bonds. The quantitative estimate of drug-likeness (QED) is 0.868. The van der Waals surface area contributed by atoms with Crippen LogP contribution in [-0.2, 0) is 6.42 Å². The van der Waals surface area contributed by atoms with Crippen molar-refractivity contribution in [1.29, 1.82) is 0 Å². The molecule has 0 aliphatic heterocycles. The second kappa shape index (κ2) is 6.40. The van der Waals surface area contributed by atoms with E-state index in [1.165, 1.54) is 33.9 Å². The first-order chi connectivity index (χ1) is 9.93. The summed E-state index contributed by atoms with van der Waals surface area (Å²) in [5.41, 5.74) is 7.65. The maximum Gasteiger partial charge on any atom is 0.123 e. The van der Waals surface area contributed by atoms with E-state index in [1.807, 2.05) is 13.1 Å².